The van der Waals surface area contributed by atoms with Gasteiger partial charge in [0.2, 0.25) is 0 Å². The minimum absolute atomic E-state index is 0.0644. The van der Waals surface area contributed by atoms with Crippen molar-refractivity contribution in [2.24, 2.45) is 0 Å². The molecule has 1 aliphatic rings. The van der Waals surface area contributed by atoms with Crippen molar-refractivity contribution in [1.82, 2.24) is 4.90 Å². The van der Waals surface area contributed by atoms with Crippen molar-refractivity contribution in [3.05, 3.63) is 27.3 Å². The van der Waals surface area contributed by atoms with Gasteiger partial charge in [0.1, 0.15) is 4.32 Å². The monoisotopic (exact) mass is 297 g/mol. The summed E-state index contributed by atoms with van der Waals surface area (Å²) in [5.41, 5.74) is 0. The van der Waals surface area contributed by atoms with Gasteiger partial charge in [-0.3, -0.25) is 9.69 Å². The standard InChI is InChI=1S/C13H15NOS3/c1-2-3-4-7-14-12(15)11(18-13(14)16)9-10-6-5-8-17-10/h5-6,8-9H,2-4,7H2,1H3. The molecule has 0 N–H and O–H groups in total. The average Bonchev–Trinajstić information content (AvgIpc) is 2.93. The fraction of sp³-hybridized carbons (Fsp3) is 0.385. The molecule has 0 atom stereocenters. The zero-order valence-electron chi connectivity index (χ0n) is 10.2. The number of carbonyl (C=O) groups excluding carboxylic acids is 1. The molecule has 1 aromatic heterocycles. The van der Waals surface area contributed by atoms with E-state index in [4.69, 9.17) is 12.2 Å². The molecule has 0 aliphatic carbocycles. The average molecular weight is 297 g/mol. The van der Waals surface area contributed by atoms with Crippen LogP contribution in [0.15, 0.2) is 22.4 Å². The fourth-order valence-corrected chi connectivity index (χ4v) is 3.75. The molecule has 0 saturated carbocycles. The highest BCUT2D eigenvalue weighted by molar-refractivity contribution is 8.26. The SMILES string of the molecule is CCCCCN1C(=O)C(=Cc2cccs2)SC1=S. The van der Waals surface area contributed by atoms with Crippen LogP contribution in [0.3, 0.4) is 0 Å². The van der Waals surface area contributed by atoms with Crippen molar-refractivity contribution < 1.29 is 4.79 Å². The molecule has 2 nitrogen and oxygen atoms in total. The Morgan fingerprint density at radius 2 is 2.28 bits per heavy atom. The van der Waals surface area contributed by atoms with Gasteiger partial charge in [0.05, 0.1) is 4.91 Å². The molecule has 2 heterocycles. The first-order chi connectivity index (χ1) is 8.72. The Hall–Kier alpha value is -0.650. The molecule has 0 aromatic carbocycles. The Labute approximate surface area is 121 Å². The fourth-order valence-electron chi connectivity index (χ4n) is 1.72. The van der Waals surface area contributed by atoms with Gasteiger partial charge >= 0.3 is 0 Å². The third kappa shape index (κ3) is 3.22. The predicted molar refractivity (Wildman–Crippen MR) is 83.7 cm³/mol. The van der Waals surface area contributed by atoms with E-state index in [-0.39, 0.29) is 5.91 Å². The van der Waals surface area contributed by atoms with E-state index < -0.39 is 0 Å². The second kappa shape index (κ2) is 6.50. The highest BCUT2D eigenvalue weighted by atomic mass is 32.2. The number of thiophene rings is 1. The molecule has 1 amide bonds. The molecule has 0 bridgehead atoms. The largest absolute Gasteiger partial charge is 0.293 e. The maximum Gasteiger partial charge on any atom is 0.266 e. The molecule has 1 fully saturated rings. The quantitative estimate of drug-likeness (QED) is 0.463. The summed E-state index contributed by atoms with van der Waals surface area (Å²) in [4.78, 5) is 15.8. The van der Waals surface area contributed by atoms with E-state index in [1.54, 1.807) is 16.2 Å². The normalized spacial score (nSPS) is 18.1. The smallest absolute Gasteiger partial charge is 0.266 e. The van der Waals surface area contributed by atoms with E-state index in [1.807, 2.05) is 23.6 Å². The van der Waals surface area contributed by atoms with Crippen molar-refractivity contribution in [1.29, 1.82) is 0 Å². The van der Waals surface area contributed by atoms with Crippen LogP contribution in [0.4, 0.5) is 0 Å². The molecule has 5 heteroatoms. The van der Waals surface area contributed by atoms with E-state index in [2.05, 4.69) is 6.92 Å². The molecule has 2 rings (SSSR count). The van der Waals surface area contributed by atoms with Crippen molar-refractivity contribution in [2.45, 2.75) is 26.2 Å². The van der Waals surface area contributed by atoms with Crippen LogP contribution in [0.1, 0.15) is 31.1 Å². The van der Waals surface area contributed by atoms with E-state index in [0.717, 1.165) is 35.6 Å². The lowest BCUT2D eigenvalue weighted by molar-refractivity contribution is -0.122. The van der Waals surface area contributed by atoms with Gasteiger partial charge in [0.15, 0.2) is 0 Å². The minimum atomic E-state index is 0.0644. The highest BCUT2D eigenvalue weighted by Crippen LogP contribution is 2.33. The summed E-state index contributed by atoms with van der Waals surface area (Å²) in [6.45, 7) is 2.90. The van der Waals surface area contributed by atoms with Gasteiger partial charge in [-0.05, 0) is 23.9 Å². The molecule has 1 aliphatic heterocycles. The Morgan fingerprint density at radius 1 is 1.44 bits per heavy atom. The predicted octanol–water partition coefficient (Wildman–Crippen LogP) is 4.14. The Balaban J connectivity index is 2.04. The van der Waals surface area contributed by atoms with Crippen LogP contribution in [0, 0.1) is 0 Å². The molecule has 96 valence electrons. The van der Waals surface area contributed by atoms with Crippen LogP contribution >= 0.6 is 35.3 Å². The summed E-state index contributed by atoms with van der Waals surface area (Å²) in [6.07, 6.45) is 5.25. The van der Waals surface area contributed by atoms with Crippen LogP contribution in [0.25, 0.3) is 6.08 Å². The first kappa shape index (κ1) is 13.8. The van der Waals surface area contributed by atoms with Gasteiger partial charge < -0.3 is 0 Å². The first-order valence-electron chi connectivity index (χ1n) is 6.01. The Bertz CT molecular complexity index is 465. The van der Waals surface area contributed by atoms with Crippen LogP contribution < -0.4 is 0 Å². The van der Waals surface area contributed by atoms with Gasteiger partial charge in [-0.1, -0.05) is 49.8 Å². The third-order valence-corrected chi connectivity index (χ3v) is 4.87. The van der Waals surface area contributed by atoms with Gasteiger partial charge in [-0.25, -0.2) is 0 Å². The topological polar surface area (TPSA) is 20.3 Å². The summed E-state index contributed by atoms with van der Waals surface area (Å²) in [5, 5.41) is 2.01. The summed E-state index contributed by atoms with van der Waals surface area (Å²) < 4.78 is 0.693. The zero-order valence-corrected chi connectivity index (χ0v) is 12.7. The number of carbonyl (C=O) groups is 1. The molecule has 1 aromatic rings. The number of thioether (sulfide) groups is 1. The van der Waals surface area contributed by atoms with E-state index in [0.29, 0.717) is 4.32 Å². The van der Waals surface area contributed by atoms with Gasteiger partial charge in [-0.15, -0.1) is 11.3 Å². The Kier molecular flexibility index (Phi) is 4.97. The van der Waals surface area contributed by atoms with Gasteiger partial charge in [0, 0.05) is 11.4 Å². The summed E-state index contributed by atoms with van der Waals surface area (Å²) in [7, 11) is 0. The number of amides is 1. The molecular weight excluding hydrogens is 282 g/mol. The molecule has 0 spiro atoms. The number of hydrogen-bond acceptors (Lipinski definition) is 4. The second-order valence-corrected chi connectivity index (χ2v) is 6.71. The number of unbranched alkanes of at least 4 members (excludes halogenated alkanes) is 2. The van der Waals surface area contributed by atoms with Gasteiger partial charge in [0.25, 0.3) is 5.91 Å². The zero-order chi connectivity index (χ0) is 13.0. The van der Waals surface area contributed by atoms with Crippen molar-refractivity contribution in [3.63, 3.8) is 0 Å². The number of rotatable bonds is 5. The minimum Gasteiger partial charge on any atom is -0.293 e. The van der Waals surface area contributed by atoms with Crippen molar-refractivity contribution in [3.8, 4) is 0 Å². The molecule has 1 saturated heterocycles. The lowest BCUT2D eigenvalue weighted by Gasteiger charge is -2.13. The van der Waals surface area contributed by atoms with Crippen LogP contribution in [0.2, 0.25) is 0 Å². The lowest BCUT2D eigenvalue weighted by Crippen LogP contribution is -2.28. The van der Waals surface area contributed by atoms with Gasteiger partial charge in [-0.2, -0.15) is 0 Å². The van der Waals surface area contributed by atoms with E-state index in [9.17, 15) is 4.79 Å². The maximum atomic E-state index is 12.2. The summed E-state index contributed by atoms with van der Waals surface area (Å²) in [6, 6.07) is 3.99. The van der Waals surface area contributed by atoms with Crippen molar-refractivity contribution >= 4 is 51.6 Å². The molecule has 0 unspecified atom stereocenters. The summed E-state index contributed by atoms with van der Waals surface area (Å²) >= 11 is 8.32. The van der Waals surface area contributed by atoms with Crippen LogP contribution in [-0.2, 0) is 4.79 Å². The Morgan fingerprint density at radius 3 is 2.94 bits per heavy atom. The van der Waals surface area contributed by atoms with Crippen LogP contribution in [0.5, 0.6) is 0 Å². The third-order valence-electron chi connectivity index (χ3n) is 2.68. The highest BCUT2D eigenvalue weighted by Gasteiger charge is 2.31. The second-order valence-electron chi connectivity index (χ2n) is 4.06. The van der Waals surface area contributed by atoms with E-state index >= 15 is 0 Å². The maximum absolute atomic E-state index is 12.2. The lowest BCUT2D eigenvalue weighted by atomic mass is 10.2. The summed E-state index contributed by atoms with van der Waals surface area (Å²) in [5.74, 6) is 0.0644. The number of hydrogen-bond donors (Lipinski definition) is 0. The van der Waals surface area contributed by atoms with Crippen molar-refractivity contribution in [2.75, 3.05) is 6.54 Å². The van der Waals surface area contributed by atoms with Crippen LogP contribution in [-0.4, -0.2) is 21.7 Å². The molecule has 18 heavy (non-hydrogen) atoms. The molecule has 0 radical (unpaired) electrons. The first-order valence-corrected chi connectivity index (χ1v) is 8.11. The number of thiocarbonyl (C=S) groups is 1. The van der Waals surface area contributed by atoms with E-state index in [1.165, 1.54) is 11.8 Å². The number of nitrogens with zero attached hydrogens (tertiary/aromatic N) is 1. The molecular formula is C13H15NOS3.